The summed E-state index contributed by atoms with van der Waals surface area (Å²) in [7, 11) is 1.55. The summed E-state index contributed by atoms with van der Waals surface area (Å²) in [5.41, 5.74) is 1.93. The van der Waals surface area contributed by atoms with Crippen LogP contribution < -0.4 is 5.32 Å². The van der Waals surface area contributed by atoms with Gasteiger partial charge in [0.25, 0.3) is 5.91 Å². The van der Waals surface area contributed by atoms with Gasteiger partial charge in [0.2, 0.25) is 5.91 Å². The fourth-order valence-electron chi connectivity index (χ4n) is 3.46. The minimum Gasteiger partial charge on any atom is -0.354 e. The number of piperidine rings is 1. The van der Waals surface area contributed by atoms with Crippen molar-refractivity contribution in [2.75, 3.05) is 20.1 Å². The van der Waals surface area contributed by atoms with Crippen molar-refractivity contribution in [2.45, 2.75) is 32.7 Å². The zero-order valence-electron chi connectivity index (χ0n) is 15.6. The number of rotatable bonds is 5. The third kappa shape index (κ3) is 4.69. The van der Waals surface area contributed by atoms with Gasteiger partial charge in [0.15, 0.2) is 5.69 Å². The number of amides is 2. The van der Waals surface area contributed by atoms with E-state index in [1.807, 2.05) is 11.8 Å². The third-order valence-corrected chi connectivity index (χ3v) is 4.96. The van der Waals surface area contributed by atoms with Crippen molar-refractivity contribution < 1.29 is 14.0 Å². The second-order valence-corrected chi connectivity index (χ2v) is 7.00. The minimum atomic E-state index is -0.286. The lowest BCUT2D eigenvalue weighted by Gasteiger charge is -2.33. The number of aromatic nitrogens is 3. The average molecular weight is 373 g/mol. The van der Waals surface area contributed by atoms with E-state index < -0.39 is 0 Å². The summed E-state index contributed by atoms with van der Waals surface area (Å²) in [6.45, 7) is 3.81. The highest BCUT2D eigenvalue weighted by Gasteiger charge is 2.25. The number of aryl methyl sites for hydroxylation is 1. The van der Waals surface area contributed by atoms with Crippen molar-refractivity contribution in [2.24, 2.45) is 5.92 Å². The minimum absolute atomic E-state index is 0.0547. The molecule has 1 aliphatic heterocycles. The molecule has 1 N–H and O–H groups in total. The predicted octanol–water partition coefficient (Wildman–Crippen LogP) is 1.57. The van der Waals surface area contributed by atoms with Gasteiger partial charge in [-0.1, -0.05) is 11.3 Å². The standard InChI is InChI=1S/C19H24FN5O2/c1-13-8-16(20)6-5-15(13)9-18(26)24-7-3-4-14(10-24)11-25-12-17(22-23-25)19(27)21-2/h5-6,8,12,14H,3-4,7,9-11H2,1-2H3,(H,21,27). The first kappa shape index (κ1) is 19.0. The second-order valence-electron chi connectivity index (χ2n) is 7.00. The quantitative estimate of drug-likeness (QED) is 0.863. The number of carbonyl (C=O) groups excluding carboxylic acids is 2. The molecule has 8 heteroatoms. The normalized spacial score (nSPS) is 17.0. The fraction of sp³-hybridized carbons (Fsp3) is 0.474. The Morgan fingerprint density at radius 1 is 1.37 bits per heavy atom. The van der Waals surface area contributed by atoms with E-state index in [0.29, 0.717) is 13.1 Å². The van der Waals surface area contributed by atoms with Crippen molar-refractivity contribution in [3.8, 4) is 0 Å². The number of halogens is 1. The van der Waals surface area contributed by atoms with Gasteiger partial charge >= 0.3 is 0 Å². The Bertz CT molecular complexity index is 835. The Labute approximate surface area is 157 Å². The SMILES string of the molecule is CNC(=O)c1cn(CC2CCCN(C(=O)Cc3ccc(F)cc3C)C2)nn1. The lowest BCUT2D eigenvalue weighted by molar-refractivity contribution is -0.132. The second kappa shape index (κ2) is 8.28. The molecule has 1 aromatic heterocycles. The molecule has 7 nitrogen and oxygen atoms in total. The Hall–Kier alpha value is -2.77. The van der Waals surface area contributed by atoms with Crippen LogP contribution in [0.2, 0.25) is 0 Å². The van der Waals surface area contributed by atoms with Gasteiger partial charge in [-0.2, -0.15) is 0 Å². The van der Waals surface area contributed by atoms with E-state index in [0.717, 1.165) is 30.5 Å². The molecule has 0 saturated carbocycles. The summed E-state index contributed by atoms with van der Waals surface area (Å²) in [4.78, 5) is 26.1. The monoisotopic (exact) mass is 373 g/mol. The molecule has 1 atom stereocenters. The molecule has 3 rings (SSSR count). The van der Waals surface area contributed by atoms with E-state index in [1.54, 1.807) is 24.0 Å². The van der Waals surface area contributed by atoms with Crippen LogP contribution in [0.1, 0.15) is 34.5 Å². The first-order valence-electron chi connectivity index (χ1n) is 9.11. The van der Waals surface area contributed by atoms with Crippen LogP contribution in [-0.4, -0.2) is 51.8 Å². The van der Waals surface area contributed by atoms with E-state index in [9.17, 15) is 14.0 Å². The van der Waals surface area contributed by atoms with E-state index in [4.69, 9.17) is 0 Å². The van der Waals surface area contributed by atoms with Gasteiger partial charge in [-0.05, 0) is 48.9 Å². The van der Waals surface area contributed by atoms with Crippen LogP contribution >= 0.6 is 0 Å². The van der Waals surface area contributed by atoms with Crippen molar-refractivity contribution in [3.05, 3.63) is 47.0 Å². The number of hydrogen-bond acceptors (Lipinski definition) is 4. The van der Waals surface area contributed by atoms with Gasteiger partial charge in [0.05, 0.1) is 12.6 Å². The molecule has 2 heterocycles. The number of likely N-dealkylation sites (tertiary alicyclic amines) is 1. The molecular weight excluding hydrogens is 349 g/mol. The number of nitrogens with one attached hydrogen (secondary N) is 1. The lowest BCUT2D eigenvalue weighted by atomic mass is 9.97. The van der Waals surface area contributed by atoms with Gasteiger partial charge in [0, 0.05) is 26.7 Å². The summed E-state index contributed by atoms with van der Waals surface area (Å²) in [5, 5.41) is 10.4. The zero-order chi connectivity index (χ0) is 19.4. The summed E-state index contributed by atoms with van der Waals surface area (Å²) in [6.07, 6.45) is 3.83. The molecule has 1 saturated heterocycles. The van der Waals surface area contributed by atoms with E-state index in [-0.39, 0.29) is 35.7 Å². The van der Waals surface area contributed by atoms with Crippen LogP contribution in [0.25, 0.3) is 0 Å². The van der Waals surface area contributed by atoms with Crippen LogP contribution in [-0.2, 0) is 17.8 Å². The molecule has 2 aromatic rings. The molecule has 0 spiro atoms. The van der Waals surface area contributed by atoms with Crippen LogP contribution in [0.15, 0.2) is 24.4 Å². The van der Waals surface area contributed by atoms with Gasteiger partial charge in [-0.25, -0.2) is 4.39 Å². The summed E-state index contributed by atoms with van der Waals surface area (Å²) in [5.74, 6) is -0.239. The number of hydrogen-bond donors (Lipinski definition) is 1. The highest BCUT2D eigenvalue weighted by atomic mass is 19.1. The lowest BCUT2D eigenvalue weighted by Crippen LogP contribution is -2.42. The summed E-state index contributed by atoms with van der Waals surface area (Å²) in [6, 6.07) is 4.53. The molecule has 1 unspecified atom stereocenters. The van der Waals surface area contributed by atoms with Gasteiger partial charge in [-0.15, -0.1) is 5.10 Å². The van der Waals surface area contributed by atoms with Crippen LogP contribution in [0.5, 0.6) is 0 Å². The number of benzene rings is 1. The maximum absolute atomic E-state index is 13.2. The highest BCUT2D eigenvalue weighted by Crippen LogP contribution is 2.20. The molecule has 0 radical (unpaired) electrons. The van der Waals surface area contributed by atoms with Crippen molar-refractivity contribution in [3.63, 3.8) is 0 Å². The Kier molecular flexibility index (Phi) is 5.83. The molecular formula is C19H24FN5O2. The van der Waals surface area contributed by atoms with Crippen molar-refractivity contribution in [1.82, 2.24) is 25.2 Å². The smallest absolute Gasteiger partial charge is 0.273 e. The number of carbonyl (C=O) groups is 2. The van der Waals surface area contributed by atoms with Gasteiger partial charge in [-0.3, -0.25) is 14.3 Å². The number of nitrogens with zero attached hydrogens (tertiary/aromatic N) is 4. The fourth-order valence-corrected chi connectivity index (χ4v) is 3.46. The third-order valence-electron chi connectivity index (χ3n) is 4.96. The van der Waals surface area contributed by atoms with E-state index in [1.165, 1.54) is 12.1 Å². The molecule has 1 aliphatic rings. The largest absolute Gasteiger partial charge is 0.354 e. The molecule has 2 amide bonds. The average Bonchev–Trinajstić information content (AvgIpc) is 3.12. The Morgan fingerprint density at radius 3 is 2.93 bits per heavy atom. The molecule has 27 heavy (non-hydrogen) atoms. The Morgan fingerprint density at radius 2 is 2.19 bits per heavy atom. The van der Waals surface area contributed by atoms with Crippen molar-refractivity contribution >= 4 is 11.8 Å². The first-order chi connectivity index (χ1) is 13.0. The van der Waals surface area contributed by atoms with Gasteiger partial charge < -0.3 is 10.2 Å². The molecule has 1 aromatic carbocycles. The molecule has 0 aliphatic carbocycles. The van der Waals surface area contributed by atoms with Crippen LogP contribution in [0.3, 0.4) is 0 Å². The predicted molar refractivity (Wildman–Crippen MR) is 97.6 cm³/mol. The van der Waals surface area contributed by atoms with E-state index >= 15 is 0 Å². The maximum Gasteiger partial charge on any atom is 0.273 e. The molecule has 144 valence electrons. The summed E-state index contributed by atoms with van der Waals surface area (Å²) >= 11 is 0. The molecule has 1 fully saturated rings. The molecule has 0 bridgehead atoms. The summed E-state index contributed by atoms with van der Waals surface area (Å²) < 4.78 is 14.9. The van der Waals surface area contributed by atoms with Crippen molar-refractivity contribution in [1.29, 1.82) is 0 Å². The van der Waals surface area contributed by atoms with Crippen LogP contribution in [0.4, 0.5) is 4.39 Å². The zero-order valence-corrected chi connectivity index (χ0v) is 15.6. The first-order valence-corrected chi connectivity index (χ1v) is 9.11. The highest BCUT2D eigenvalue weighted by molar-refractivity contribution is 5.91. The van der Waals surface area contributed by atoms with Crippen LogP contribution in [0, 0.1) is 18.7 Å². The maximum atomic E-state index is 13.2. The van der Waals surface area contributed by atoms with Gasteiger partial charge in [0.1, 0.15) is 5.82 Å². The topological polar surface area (TPSA) is 80.1 Å². The van der Waals surface area contributed by atoms with E-state index in [2.05, 4.69) is 15.6 Å². The Balaban J connectivity index is 1.59.